The minimum absolute atomic E-state index is 0.0209. The van der Waals surface area contributed by atoms with Crippen LogP contribution in [0.3, 0.4) is 0 Å². The van der Waals surface area contributed by atoms with E-state index < -0.39 is 0 Å². The molecular weight excluding hydrogens is 320 g/mol. The Balaban J connectivity index is 1.55. The van der Waals surface area contributed by atoms with Crippen LogP contribution in [-0.2, 0) is 6.54 Å². The molecule has 0 bridgehead atoms. The number of amides is 1. The van der Waals surface area contributed by atoms with Gasteiger partial charge in [0.2, 0.25) is 5.88 Å². The maximum Gasteiger partial charge on any atom is 0.255 e. The molecule has 1 amide bonds. The SMILES string of the molecule is CCOc1ccc(C(=O)N2CCN(Cc3c(C)noc3C)CC2)cn1. The molecule has 0 saturated carbocycles. The number of piperazine rings is 1. The lowest BCUT2D eigenvalue weighted by Crippen LogP contribution is -2.48. The van der Waals surface area contributed by atoms with E-state index in [1.807, 2.05) is 25.7 Å². The van der Waals surface area contributed by atoms with Gasteiger partial charge in [-0.05, 0) is 26.8 Å². The van der Waals surface area contributed by atoms with Crippen LogP contribution in [-0.4, -0.2) is 58.6 Å². The molecule has 2 aromatic rings. The first kappa shape index (κ1) is 17.4. The third-order valence-corrected chi connectivity index (χ3v) is 4.50. The first-order chi connectivity index (χ1) is 12.1. The maximum absolute atomic E-state index is 12.6. The Bertz CT molecular complexity index is 699. The van der Waals surface area contributed by atoms with Crippen molar-refractivity contribution in [3.8, 4) is 5.88 Å². The number of aromatic nitrogens is 2. The minimum Gasteiger partial charge on any atom is -0.478 e. The topological polar surface area (TPSA) is 71.7 Å². The van der Waals surface area contributed by atoms with Gasteiger partial charge in [0.1, 0.15) is 5.76 Å². The van der Waals surface area contributed by atoms with Gasteiger partial charge in [0.25, 0.3) is 5.91 Å². The van der Waals surface area contributed by atoms with Crippen molar-refractivity contribution in [2.45, 2.75) is 27.3 Å². The summed E-state index contributed by atoms with van der Waals surface area (Å²) in [6.07, 6.45) is 1.59. The Morgan fingerprint density at radius 3 is 2.56 bits per heavy atom. The number of carbonyl (C=O) groups is 1. The smallest absolute Gasteiger partial charge is 0.255 e. The molecule has 0 aliphatic carbocycles. The summed E-state index contributed by atoms with van der Waals surface area (Å²) in [6.45, 7) is 10.3. The molecule has 2 aromatic heterocycles. The highest BCUT2D eigenvalue weighted by atomic mass is 16.5. The average molecular weight is 344 g/mol. The van der Waals surface area contributed by atoms with Gasteiger partial charge < -0.3 is 14.2 Å². The third-order valence-electron chi connectivity index (χ3n) is 4.50. The minimum atomic E-state index is 0.0209. The molecule has 0 atom stereocenters. The lowest BCUT2D eigenvalue weighted by Gasteiger charge is -2.34. The molecule has 0 spiro atoms. The number of nitrogens with zero attached hydrogens (tertiary/aromatic N) is 4. The molecule has 1 aliphatic rings. The van der Waals surface area contributed by atoms with Crippen molar-refractivity contribution in [3.05, 3.63) is 40.9 Å². The van der Waals surface area contributed by atoms with Gasteiger partial charge in [-0.1, -0.05) is 5.16 Å². The van der Waals surface area contributed by atoms with Gasteiger partial charge in [-0.25, -0.2) is 4.98 Å². The largest absolute Gasteiger partial charge is 0.478 e. The molecule has 0 aromatic carbocycles. The van der Waals surface area contributed by atoms with Gasteiger partial charge in [-0.15, -0.1) is 0 Å². The molecular formula is C18H24N4O3. The van der Waals surface area contributed by atoms with Crippen LogP contribution in [0.1, 0.15) is 34.3 Å². The molecule has 0 radical (unpaired) electrons. The molecule has 7 nitrogen and oxygen atoms in total. The highest BCUT2D eigenvalue weighted by Gasteiger charge is 2.23. The molecule has 3 heterocycles. The number of rotatable bonds is 5. The van der Waals surface area contributed by atoms with Crippen LogP contribution in [0.5, 0.6) is 5.88 Å². The Hall–Kier alpha value is -2.41. The lowest BCUT2D eigenvalue weighted by atomic mass is 10.1. The van der Waals surface area contributed by atoms with Crippen LogP contribution in [0, 0.1) is 13.8 Å². The fraction of sp³-hybridized carbons (Fsp3) is 0.500. The van der Waals surface area contributed by atoms with Gasteiger partial charge in [0.05, 0.1) is 17.9 Å². The molecule has 7 heteroatoms. The first-order valence-corrected chi connectivity index (χ1v) is 8.60. The summed E-state index contributed by atoms with van der Waals surface area (Å²) in [4.78, 5) is 21.0. The zero-order valence-electron chi connectivity index (χ0n) is 15.0. The summed E-state index contributed by atoms with van der Waals surface area (Å²) in [5.41, 5.74) is 2.69. The maximum atomic E-state index is 12.6. The van der Waals surface area contributed by atoms with E-state index in [4.69, 9.17) is 9.26 Å². The van der Waals surface area contributed by atoms with Crippen molar-refractivity contribution in [3.63, 3.8) is 0 Å². The summed E-state index contributed by atoms with van der Waals surface area (Å²) in [5.74, 6) is 1.44. The predicted octanol–water partition coefficient (Wildman–Crippen LogP) is 2.04. The quantitative estimate of drug-likeness (QED) is 0.827. The highest BCUT2D eigenvalue weighted by molar-refractivity contribution is 5.94. The third kappa shape index (κ3) is 3.99. The van der Waals surface area contributed by atoms with Crippen molar-refractivity contribution in [1.29, 1.82) is 0 Å². The Kier molecular flexibility index (Phi) is 5.33. The molecule has 0 N–H and O–H groups in total. The number of ether oxygens (including phenoxy) is 1. The highest BCUT2D eigenvalue weighted by Crippen LogP contribution is 2.17. The van der Waals surface area contributed by atoms with Gasteiger partial charge in [0.15, 0.2) is 0 Å². The van der Waals surface area contributed by atoms with Gasteiger partial charge >= 0.3 is 0 Å². The summed E-state index contributed by atoms with van der Waals surface area (Å²) in [5, 5.41) is 4.00. The summed E-state index contributed by atoms with van der Waals surface area (Å²) in [6, 6.07) is 3.51. The van der Waals surface area contributed by atoms with Crippen LogP contribution in [0.2, 0.25) is 0 Å². The van der Waals surface area contributed by atoms with Crippen LogP contribution < -0.4 is 4.74 Å². The van der Waals surface area contributed by atoms with E-state index >= 15 is 0 Å². The number of carbonyl (C=O) groups excluding carboxylic acids is 1. The van der Waals surface area contributed by atoms with Crippen LogP contribution >= 0.6 is 0 Å². The van der Waals surface area contributed by atoms with Crippen LogP contribution in [0.25, 0.3) is 0 Å². The van der Waals surface area contributed by atoms with Crippen molar-refractivity contribution in [2.75, 3.05) is 32.8 Å². The normalized spacial score (nSPS) is 15.4. The van der Waals surface area contributed by atoms with E-state index in [1.165, 1.54) is 0 Å². The lowest BCUT2D eigenvalue weighted by molar-refractivity contribution is 0.0627. The Labute approximate surface area is 147 Å². The molecule has 134 valence electrons. The molecule has 0 unspecified atom stereocenters. The summed E-state index contributed by atoms with van der Waals surface area (Å²) in [7, 11) is 0. The second-order valence-electron chi connectivity index (χ2n) is 6.19. The van der Waals surface area contributed by atoms with Crippen molar-refractivity contribution >= 4 is 5.91 Å². The van der Waals surface area contributed by atoms with Crippen LogP contribution in [0.4, 0.5) is 0 Å². The average Bonchev–Trinajstić information content (AvgIpc) is 2.95. The number of hydrogen-bond acceptors (Lipinski definition) is 6. The predicted molar refractivity (Wildman–Crippen MR) is 92.6 cm³/mol. The first-order valence-electron chi connectivity index (χ1n) is 8.60. The van der Waals surface area contributed by atoms with Crippen molar-refractivity contribution in [2.24, 2.45) is 0 Å². The van der Waals surface area contributed by atoms with E-state index in [2.05, 4.69) is 15.0 Å². The van der Waals surface area contributed by atoms with E-state index in [0.29, 0.717) is 31.1 Å². The van der Waals surface area contributed by atoms with E-state index in [9.17, 15) is 4.79 Å². The number of pyridine rings is 1. The Morgan fingerprint density at radius 2 is 2.00 bits per heavy atom. The van der Waals surface area contributed by atoms with E-state index in [0.717, 1.165) is 36.7 Å². The number of aryl methyl sites for hydroxylation is 2. The second kappa shape index (κ2) is 7.65. The van der Waals surface area contributed by atoms with Gasteiger partial charge in [-0.3, -0.25) is 9.69 Å². The second-order valence-corrected chi connectivity index (χ2v) is 6.19. The Morgan fingerprint density at radius 1 is 1.24 bits per heavy atom. The molecule has 1 fully saturated rings. The monoisotopic (exact) mass is 344 g/mol. The standard InChI is InChI=1S/C18H24N4O3/c1-4-24-17-6-5-15(11-19-17)18(23)22-9-7-21(8-10-22)12-16-13(2)20-25-14(16)3/h5-6,11H,4,7-10,12H2,1-3H3. The van der Waals surface area contributed by atoms with Gasteiger partial charge in [-0.2, -0.15) is 0 Å². The van der Waals surface area contributed by atoms with Crippen molar-refractivity contribution < 1.29 is 14.1 Å². The van der Waals surface area contributed by atoms with E-state index in [1.54, 1.807) is 18.3 Å². The molecule has 1 saturated heterocycles. The van der Waals surface area contributed by atoms with Crippen LogP contribution in [0.15, 0.2) is 22.9 Å². The number of hydrogen-bond donors (Lipinski definition) is 0. The summed E-state index contributed by atoms with van der Waals surface area (Å²) >= 11 is 0. The molecule has 3 rings (SSSR count). The molecule has 1 aliphatic heterocycles. The fourth-order valence-corrected chi connectivity index (χ4v) is 2.98. The zero-order chi connectivity index (χ0) is 17.8. The van der Waals surface area contributed by atoms with E-state index in [-0.39, 0.29) is 5.91 Å². The fourth-order valence-electron chi connectivity index (χ4n) is 2.98. The summed E-state index contributed by atoms with van der Waals surface area (Å²) < 4.78 is 10.5. The van der Waals surface area contributed by atoms with Gasteiger partial charge in [0, 0.05) is 50.6 Å². The van der Waals surface area contributed by atoms with Crippen molar-refractivity contribution in [1.82, 2.24) is 19.9 Å². The zero-order valence-corrected chi connectivity index (χ0v) is 15.0. The molecule has 25 heavy (non-hydrogen) atoms.